The predicted molar refractivity (Wildman–Crippen MR) is 106 cm³/mol. The van der Waals surface area contributed by atoms with Crippen molar-refractivity contribution in [3.63, 3.8) is 0 Å². The highest BCUT2D eigenvalue weighted by Crippen LogP contribution is 2.35. The molecule has 2 heterocycles. The van der Waals surface area contributed by atoms with Crippen LogP contribution in [0.15, 0.2) is 51.7 Å². The minimum atomic E-state index is -0.448. The summed E-state index contributed by atoms with van der Waals surface area (Å²) in [6.07, 6.45) is 3.81. The van der Waals surface area contributed by atoms with Crippen molar-refractivity contribution in [2.75, 3.05) is 5.32 Å². The van der Waals surface area contributed by atoms with Gasteiger partial charge in [0.15, 0.2) is 5.58 Å². The summed E-state index contributed by atoms with van der Waals surface area (Å²) in [7, 11) is 0. The molecule has 0 aliphatic heterocycles. The molecule has 0 saturated heterocycles. The first-order valence-electron chi connectivity index (χ1n) is 9.55. The van der Waals surface area contributed by atoms with Gasteiger partial charge in [-0.25, -0.2) is 9.78 Å². The molecule has 0 radical (unpaired) electrons. The third-order valence-corrected chi connectivity index (χ3v) is 5.41. The van der Waals surface area contributed by atoms with Crippen molar-refractivity contribution in [3.8, 4) is 0 Å². The van der Waals surface area contributed by atoms with Gasteiger partial charge in [0.05, 0.1) is 16.6 Å². The molecule has 142 valence electrons. The molecule has 0 spiro atoms. The minimum Gasteiger partial charge on any atom is -0.408 e. The van der Waals surface area contributed by atoms with Crippen molar-refractivity contribution in [2.45, 2.75) is 38.1 Å². The Kier molecular flexibility index (Phi) is 4.00. The molecule has 2 aromatic carbocycles. The fraction of sp³-hybridized carbons (Fsp3) is 0.286. The van der Waals surface area contributed by atoms with Gasteiger partial charge in [-0.05, 0) is 43.2 Å². The van der Waals surface area contributed by atoms with Crippen LogP contribution in [-0.4, -0.2) is 20.4 Å². The van der Waals surface area contributed by atoms with Gasteiger partial charge in [0.1, 0.15) is 5.82 Å². The number of H-pyrrole nitrogens is 1. The normalized spacial score (nSPS) is 14.4. The van der Waals surface area contributed by atoms with E-state index in [1.807, 2.05) is 36.4 Å². The Morgan fingerprint density at radius 1 is 1.25 bits per heavy atom. The number of nitrogens with zero attached hydrogens (tertiary/aromatic N) is 2. The Hall–Kier alpha value is -3.35. The Labute approximate surface area is 160 Å². The van der Waals surface area contributed by atoms with Crippen LogP contribution in [0.5, 0.6) is 0 Å². The van der Waals surface area contributed by atoms with Crippen molar-refractivity contribution in [1.82, 2.24) is 14.5 Å². The molecule has 1 aliphatic carbocycles. The highest BCUT2D eigenvalue weighted by atomic mass is 16.4. The summed E-state index contributed by atoms with van der Waals surface area (Å²) in [5, 5.41) is 2.90. The van der Waals surface area contributed by atoms with Crippen LogP contribution in [0.3, 0.4) is 0 Å². The lowest BCUT2D eigenvalue weighted by Gasteiger charge is -2.22. The number of hydrogen-bond donors (Lipinski definition) is 2. The van der Waals surface area contributed by atoms with Gasteiger partial charge in [0.25, 0.3) is 0 Å². The van der Waals surface area contributed by atoms with Gasteiger partial charge in [0.2, 0.25) is 5.91 Å². The fourth-order valence-corrected chi connectivity index (χ4v) is 3.64. The quantitative estimate of drug-likeness (QED) is 0.554. The molecule has 4 aromatic rings. The highest BCUT2D eigenvalue weighted by Gasteiger charge is 2.22. The van der Waals surface area contributed by atoms with E-state index in [9.17, 15) is 9.59 Å². The average molecular weight is 376 g/mol. The monoisotopic (exact) mass is 376 g/mol. The van der Waals surface area contributed by atoms with E-state index in [0.29, 0.717) is 22.7 Å². The Morgan fingerprint density at radius 2 is 2.11 bits per heavy atom. The summed E-state index contributed by atoms with van der Waals surface area (Å²) in [6, 6.07) is 12.9. The first-order chi connectivity index (χ1) is 13.7. The molecular weight excluding hydrogens is 356 g/mol. The number of oxazole rings is 1. The van der Waals surface area contributed by atoms with Crippen molar-refractivity contribution in [3.05, 3.63) is 58.8 Å². The van der Waals surface area contributed by atoms with Crippen molar-refractivity contribution >= 4 is 33.7 Å². The molecule has 1 fully saturated rings. The van der Waals surface area contributed by atoms with E-state index in [1.165, 1.54) is 23.8 Å². The minimum absolute atomic E-state index is 0.157. The average Bonchev–Trinajstić information content (AvgIpc) is 3.18. The molecule has 0 unspecified atom stereocenters. The molecule has 7 heteroatoms. The number of carbonyl (C=O) groups excluding carboxylic acids is 1. The van der Waals surface area contributed by atoms with E-state index in [4.69, 9.17) is 4.42 Å². The molecule has 2 aromatic heterocycles. The Morgan fingerprint density at radius 3 is 2.93 bits per heavy atom. The van der Waals surface area contributed by atoms with Gasteiger partial charge in [-0.15, -0.1) is 0 Å². The number of nitrogens with one attached hydrogen (secondary N) is 2. The molecule has 5 rings (SSSR count). The topological polar surface area (TPSA) is 92.9 Å². The second-order valence-electron chi connectivity index (χ2n) is 7.27. The maximum absolute atomic E-state index is 12.4. The zero-order valence-electron chi connectivity index (χ0n) is 15.3. The number of aryl methyl sites for hydroxylation is 1. The summed E-state index contributed by atoms with van der Waals surface area (Å²) in [5.41, 5.74) is 3.78. The van der Waals surface area contributed by atoms with Gasteiger partial charge in [-0.1, -0.05) is 18.6 Å². The molecule has 1 saturated carbocycles. The van der Waals surface area contributed by atoms with Crippen LogP contribution in [0.4, 0.5) is 5.69 Å². The zero-order valence-corrected chi connectivity index (χ0v) is 15.3. The zero-order chi connectivity index (χ0) is 19.1. The largest absolute Gasteiger partial charge is 0.419 e. The second-order valence-corrected chi connectivity index (χ2v) is 7.27. The lowest BCUT2D eigenvalue weighted by Crippen LogP contribution is -2.19. The summed E-state index contributed by atoms with van der Waals surface area (Å²) in [4.78, 5) is 32.4. The predicted octanol–water partition coefficient (Wildman–Crippen LogP) is 3.77. The lowest BCUT2D eigenvalue weighted by atomic mass is 9.85. The molecule has 1 aliphatic rings. The molecule has 0 bridgehead atoms. The van der Waals surface area contributed by atoms with E-state index in [0.717, 1.165) is 16.9 Å². The number of imidazole rings is 1. The van der Waals surface area contributed by atoms with Crippen LogP contribution in [0.1, 0.15) is 37.4 Å². The SMILES string of the molecule is O=C(CCn1c(=O)oc2ccccc21)Nc1ccc2nc(C3CCC3)[nH]c2c1. The number of fused-ring (bicyclic) bond motifs is 2. The fourth-order valence-electron chi connectivity index (χ4n) is 3.64. The molecular formula is C21H20N4O3. The maximum atomic E-state index is 12.4. The van der Waals surface area contributed by atoms with Gasteiger partial charge in [-0.2, -0.15) is 0 Å². The number of hydrogen-bond acceptors (Lipinski definition) is 4. The summed E-state index contributed by atoms with van der Waals surface area (Å²) in [5.74, 6) is 0.969. The summed E-state index contributed by atoms with van der Waals surface area (Å²) < 4.78 is 6.68. The van der Waals surface area contributed by atoms with Crippen molar-refractivity contribution in [2.24, 2.45) is 0 Å². The summed E-state index contributed by atoms with van der Waals surface area (Å²) in [6.45, 7) is 0.264. The van der Waals surface area contributed by atoms with Crippen LogP contribution in [0.25, 0.3) is 22.1 Å². The van der Waals surface area contributed by atoms with Gasteiger partial charge < -0.3 is 14.7 Å². The van der Waals surface area contributed by atoms with E-state index in [-0.39, 0.29) is 18.9 Å². The first kappa shape index (κ1) is 16.8. The van der Waals surface area contributed by atoms with E-state index < -0.39 is 5.76 Å². The van der Waals surface area contributed by atoms with Crippen LogP contribution >= 0.6 is 0 Å². The van der Waals surface area contributed by atoms with E-state index >= 15 is 0 Å². The van der Waals surface area contributed by atoms with Gasteiger partial charge in [0, 0.05) is 24.6 Å². The number of anilines is 1. The standard InChI is InChI=1S/C21H20N4O3/c26-19(10-11-25-17-6-1-2-7-18(17)28-21(25)27)22-14-8-9-15-16(12-14)24-20(23-15)13-4-3-5-13/h1-2,6-9,12-13H,3-5,10-11H2,(H,22,26)(H,23,24). The summed E-state index contributed by atoms with van der Waals surface area (Å²) >= 11 is 0. The lowest BCUT2D eigenvalue weighted by molar-refractivity contribution is -0.116. The van der Waals surface area contributed by atoms with E-state index in [2.05, 4.69) is 15.3 Å². The van der Waals surface area contributed by atoms with Crippen molar-refractivity contribution < 1.29 is 9.21 Å². The third-order valence-electron chi connectivity index (χ3n) is 5.41. The molecule has 2 N–H and O–H groups in total. The number of aromatic nitrogens is 3. The molecule has 28 heavy (non-hydrogen) atoms. The number of aromatic amines is 1. The first-order valence-corrected chi connectivity index (χ1v) is 9.55. The second kappa shape index (κ2) is 6.67. The third kappa shape index (κ3) is 2.98. The van der Waals surface area contributed by atoms with Crippen LogP contribution in [0, 0.1) is 0 Å². The molecule has 0 atom stereocenters. The van der Waals surface area contributed by atoms with Gasteiger partial charge >= 0.3 is 5.76 Å². The van der Waals surface area contributed by atoms with Crippen LogP contribution in [-0.2, 0) is 11.3 Å². The number of carbonyl (C=O) groups is 1. The Bertz CT molecular complexity index is 1230. The smallest absolute Gasteiger partial charge is 0.408 e. The molecule has 1 amide bonds. The number of amides is 1. The number of benzene rings is 2. The number of para-hydroxylation sites is 2. The van der Waals surface area contributed by atoms with Gasteiger partial charge in [-0.3, -0.25) is 9.36 Å². The Balaban J connectivity index is 1.28. The van der Waals surface area contributed by atoms with Crippen molar-refractivity contribution in [1.29, 1.82) is 0 Å². The maximum Gasteiger partial charge on any atom is 0.419 e. The number of rotatable bonds is 5. The molecule has 7 nitrogen and oxygen atoms in total. The van der Waals surface area contributed by atoms with Crippen LogP contribution in [0.2, 0.25) is 0 Å². The highest BCUT2D eigenvalue weighted by molar-refractivity contribution is 5.93. The van der Waals surface area contributed by atoms with Crippen LogP contribution < -0.4 is 11.1 Å². The van der Waals surface area contributed by atoms with E-state index in [1.54, 1.807) is 6.07 Å².